The highest BCUT2D eigenvalue weighted by atomic mass is 16.1. The Bertz CT molecular complexity index is 1330. The Hall–Kier alpha value is -4.07. The van der Waals surface area contributed by atoms with Crippen molar-refractivity contribution in [2.45, 2.75) is 6.92 Å². The van der Waals surface area contributed by atoms with Crippen LogP contribution in [0.25, 0.3) is 16.6 Å². The minimum atomic E-state index is -0.283. The fourth-order valence-corrected chi connectivity index (χ4v) is 3.12. The molecule has 0 atom stereocenters. The first kappa shape index (κ1) is 16.1. The van der Waals surface area contributed by atoms with E-state index >= 15 is 0 Å². The third kappa shape index (κ3) is 2.67. The highest BCUT2D eigenvalue weighted by molar-refractivity contribution is 6.13. The monoisotopic (exact) mass is 369 g/mol. The van der Waals surface area contributed by atoms with Crippen LogP contribution in [-0.2, 0) is 0 Å². The molecular formula is C20H15N7O. The zero-order valence-corrected chi connectivity index (χ0v) is 14.9. The number of aromatic amines is 1. The molecule has 0 aliphatic carbocycles. The number of nitrogens with one attached hydrogen (secondary N) is 2. The topological polar surface area (TPSA) is 101 Å². The van der Waals surface area contributed by atoms with E-state index in [1.807, 2.05) is 55.6 Å². The summed E-state index contributed by atoms with van der Waals surface area (Å²) in [5, 5.41) is 11.1. The second kappa shape index (κ2) is 6.27. The number of anilines is 2. The maximum atomic E-state index is 13.2. The van der Waals surface area contributed by atoms with E-state index in [9.17, 15) is 4.79 Å². The summed E-state index contributed by atoms with van der Waals surface area (Å²) in [6, 6.07) is 14.8. The molecule has 0 fully saturated rings. The molecule has 8 heteroatoms. The predicted octanol–water partition coefficient (Wildman–Crippen LogP) is 3.28. The van der Waals surface area contributed by atoms with Gasteiger partial charge in [0.2, 0.25) is 17.6 Å². The van der Waals surface area contributed by atoms with E-state index in [1.54, 1.807) is 16.7 Å². The molecule has 1 aromatic carbocycles. The summed E-state index contributed by atoms with van der Waals surface area (Å²) < 4.78 is 1.77. The highest BCUT2D eigenvalue weighted by Crippen LogP contribution is 2.21. The quantitative estimate of drug-likeness (QED) is 0.472. The number of nitrogens with zero attached hydrogens (tertiary/aromatic N) is 5. The molecule has 28 heavy (non-hydrogen) atoms. The fraction of sp³-hybridized carbons (Fsp3) is 0.0500. The van der Waals surface area contributed by atoms with Crippen molar-refractivity contribution in [1.82, 2.24) is 29.5 Å². The van der Waals surface area contributed by atoms with Crippen LogP contribution in [0, 0.1) is 6.92 Å². The van der Waals surface area contributed by atoms with Gasteiger partial charge in [0.1, 0.15) is 5.65 Å². The van der Waals surface area contributed by atoms with Crippen LogP contribution in [0.4, 0.5) is 11.8 Å². The van der Waals surface area contributed by atoms with E-state index in [2.05, 4.69) is 30.5 Å². The summed E-state index contributed by atoms with van der Waals surface area (Å²) in [7, 11) is 0. The van der Waals surface area contributed by atoms with Crippen molar-refractivity contribution in [2.24, 2.45) is 0 Å². The Kier molecular flexibility index (Phi) is 3.61. The standard InChI is InChI=1S/C20H15N7O/c1-12-11-15(26-25-12)22-20-24-19(23-16-8-4-10-27(16)20)18(28)14-7-2-5-13-6-3-9-21-17(13)14/h2-11H,1H3,(H2,22,23,24,25,26). The molecule has 2 N–H and O–H groups in total. The molecule has 0 unspecified atom stereocenters. The van der Waals surface area contributed by atoms with Crippen molar-refractivity contribution in [3.05, 3.63) is 78.0 Å². The van der Waals surface area contributed by atoms with Crippen LogP contribution in [0.2, 0.25) is 0 Å². The van der Waals surface area contributed by atoms with E-state index in [1.165, 1.54) is 0 Å². The molecule has 0 saturated carbocycles. The number of ketones is 1. The molecule has 0 radical (unpaired) electrons. The number of hydrogen-bond donors (Lipinski definition) is 2. The average molecular weight is 369 g/mol. The van der Waals surface area contributed by atoms with Crippen molar-refractivity contribution in [3.63, 3.8) is 0 Å². The third-order valence-electron chi connectivity index (χ3n) is 4.41. The number of para-hydroxylation sites is 1. The lowest BCUT2D eigenvalue weighted by Gasteiger charge is -2.09. The van der Waals surface area contributed by atoms with Gasteiger partial charge in [-0.2, -0.15) is 10.1 Å². The summed E-state index contributed by atoms with van der Waals surface area (Å²) in [4.78, 5) is 26.5. The third-order valence-corrected chi connectivity index (χ3v) is 4.41. The lowest BCUT2D eigenvalue weighted by molar-refractivity contribution is 0.103. The van der Waals surface area contributed by atoms with E-state index in [4.69, 9.17) is 0 Å². The van der Waals surface area contributed by atoms with Gasteiger partial charge in [0.15, 0.2) is 5.82 Å². The fourth-order valence-electron chi connectivity index (χ4n) is 3.12. The molecule has 0 spiro atoms. The Morgan fingerprint density at radius 3 is 2.86 bits per heavy atom. The molecule has 8 nitrogen and oxygen atoms in total. The minimum Gasteiger partial charge on any atom is -0.308 e. The van der Waals surface area contributed by atoms with Crippen LogP contribution in [-0.4, -0.2) is 35.3 Å². The summed E-state index contributed by atoms with van der Waals surface area (Å²) >= 11 is 0. The van der Waals surface area contributed by atoms with Crippen LogP contribution in [0.15, 0.2) is 60.9 Å². The molecule has 4 aromatic heterocycles. The van der Waals surface area contributed by atoms with Gasteiger partial charge in [0.25, 0.3) is 0 Å². The van der Waals surface area contributed by atoms with E-state index in [0.717, 1.165) is 11.1 Å². The van der Waals surface area contributed by atoms with Gasteiger partial charge in [-0.1, -0.05) is 18.2 Å². The van der Waals surface area contributed by atoms with Gasteiger partial charge in [0.05, 0.1) is 11.1 Å². The Labute approximate surface area is 159 Å². The Morgan fingerprint density at radius 1 is 1.11 bits per heavy atom. The van der Waals surface area contributed by atoms with Crippen molar-refractivity contribution < 1.29 is 4.79 Å². The number of benzene rings is 1. The molecule has 4 heterocycles. The molecule has 5 rings (SSSR count). The van der Waals surface area contributed by atoms with Gasteiger partial charge < -0.3 is 5.32 Å². The number of pyridine rings is 1. The van der Waals surface area contributed by atoms with Crippen LogP contribution >= 0.6 is 0 Å². The second-order valence-electron chi connectivity index (χ2n) is 6.38. The maximum Gasteiger partial charge on any atom is 0.232 e. The number of hydrogen-bond acceptors (Lipinski definition) is 6. The Morgan fingerprint density at radius 2 is 2.00 bits per heavy atom. The molecule has 5 aromatic rings. The van der Waals surface area contributed by atoms with Gasteiger partial charge in [-0.3, -0.25) is 19.3 Å². The molecule has 0 saturated heterocycles. The lowest BCUT2D eigenvalue weighted by atomic mass is 10.1. The smallest absolute Gasteiger partial charge is 0.232 e. The largest absolute Gasteiger partial charge is 0.308 e. The normalized spacial score (nSPS) is 11.2. The summed E-state index contributed by atoms with van der Waals surface area (Å²) in [5.41, 5.74) is 2.63. The van der Waals surface area contributed by atoms with E-state index in [0.29, 0.717) is 28.5 Å². The summed E-state index contributed by atoms with van der Waals surface area (Å²) in [6.07, 6.45) is 3.49. The van der Waals surface area contributed by atoms with Gasteiger partial charge in [-0.05, 0) is 31.2 Å². The van der Waals surface area contributed by atoms with E-state index in [-0.39, 0.29) is 11.6 Å². The molecule has 0 aliphatic rings. The van der Waals surface area contributed by atoms with Gasteiger partial charge in [0, 0.05) is 29.5 Å². The van der Waals surface area contributed by atoms with Crippen molar-refractivity contribution in [2.75, 3.05) is 5.32 Å². The highest BCUT2D eigenvalue weighted by Gasteiger charge is 2.19. The molecular weight excluding hydrogens is 354 g/mol. The van der Waals surface area contributed by atoms with Gasteiger partial charge in [-0.15, -0.1) is 0 Å². The van der Waals surface area contributed by atoms with Crippen LogP contribution in [0.5, 0.6) is 0 Å². The first-order chi connectivity index (χ1) is 13.7. The van der Waals surface area contributed by atoms with Crippen molar-refractivity contribution in [3.8, 4) is 0 Å². The van der Waals surface area contributed by atoms with Gasteiger partial charge in [-0.25, -0.2) is 4.98 Å². The van der Waals surface area contributed by atoms with Crippen LogP contribution in [0.1, 0.15) is 21.9 Å². The van der Waals surface area contributed by atoms with Crippen LogP contribution in [0.3, 0.4) is 0 Å². The lowest BCUT2D eigenvalue weighted by Crippen LogP contribution is -2.12. The predicted molar refractivity (Wildman–Crippen MR) is 105 cm³/mol. The Balaban J connectivity index is 1.63. The SMILES string of the molecule is Cc1cc(Nc2nc(C(=O)c3cccc4cccnc34)nc3cccn23)n[nH]1. The average Bonchev–Trinajstić information content (AvgIpc) is 3.35. The number of rotatable bonds is 4. The minimum absolute atomic E-state index is 0.0964. The number of aryl methyl sites for hydroxylation is 1. The number of carbonyl (C=O) groups is 1. The summed E-state index contributed by atoms with van der Waals surface area (Å²) in [5.74, 6) is 0.878. The van der Waals surface area contributed by atoms with Crippen molar-refractivity contribution in [1.29, 1.82) is 0 Å². The van der Waals surface area contributed by atoms with Crippen molar-refractivity contribution >= 4 is 34.1 Å². The van der Waals surface area contributed by atoms with Gasteiger partial charge >= 0.3 is 0 Å². The zero-order chi connectivity index (χ0) is 19.1. The number of carbonyl (C=O) groups excluding carboxylic acids is 1. The number of fused-ring (bicyclic) bond motifs is 2. The molecule has 0 bridgehead atoms. The molecule has 0 amide bonds. The number of H-pyrrole nitrogens is 1. The second-order valence-corrected chi connectivity index (χ2v) is 6.38. The summed E-state index contributed by atoms with van der Waals surface area (Å²) in [6.45, 7) is 1.91. The maximum absolute atomic E-state index is 13.2. The van der Waals surface area contributed by atoms with E-state index < -0.39 is 0 Å². The molecule has 136 valence electrons. The zero-order valence-electron chi connectivity index (χ0n) is 14.9. The molecule has 0 aliphatic heterocycles. The first-order valence-corrected chi connectivity index (χ1v) is 8.72. The number of aromatic nitrogens is 6. The van der Waals surface area contributed by atoms with Crippen LogP contribution < -0.4 is 5.32 Å². The first-order valence-electron chi connectivity index (χ1n) is 8.72.